The number of carboxylic acid groups (broad SMARTS) is 2. The molecule has 0 aromatic carbocycles. The highest BCUT2D eigenvalue weighted by atomic mass is 16.5. The van der Waals surface area contributed by atoms with Gasteiger partial charge >= 0.3 is 11.9 Å². The molecule has 0 aromatic heterocycles. The second kappa shape index (κ2) is 3.93. The van der Waals surface area contributed by atoms with E-state index in [1.165, 1.54) is 0 Å². The first-order valence-electron chi connectivity index (χ1n) is 4.34. The van der Waals surface area contributed by atoms with Gasteiger partial charge < -0.3 is 20.7 Å². The van der Waals surface area contributed by atoms with Crippen molar-refractivity contribution in [1.82, 2.24) is 0 Å². The fourth-order valence-corrected chi connectivity index (χ4v) is 1.56. The van der Waals surface area contributed by atoms with E-state index < -0.39 is 23.6 Å². The van der Waals surface area contributed by atoms with Crippen LogP contribution in [-0.4, -0.2) is 40.4 Å². The highest BCUT2D eigenvalue weighted by Crippen LogP contribution is 2.30. The minimum atomic E-state index is -1.39. The Bertz CT molecular complexity index is 246. The summed E-state index contributed by atoms with van der Waals surface area (Å²) in [6.07, 6.45) is 0.764. The normalized spacial score (nSPS) is 28.6. The molecule has 6 heteroatoms. The summed E-state index contributed by atoms with van der Waals surface area (Å²) in [6, 6.07) is -1.19. The molecule has 0 saturated carbocycles. The summed E-state index contributed by atoms with van der Waals surface area (Å²) in [7, 11) is 0. The summed E-state index contributed by atoms with van der Waals surface area (Å²) >= 11 is 0. The van der Waals surface area contributed by atoms with Gasteiger partial charge in [-0.15, -0.1) is 0 Å². The molecule has 1 heterocycles. The number of rotatable bonds is 4. The third-order valence-corrected chi connectivity index (χ3v) is 2.36. The maximum absolute atomic E-state index is 10.9. The molecule has 1 fully saturated rings. The van der Waals surface area contributed by atoms with Gasteiger partial charge in [-0.05, 0) is 12.8 Å². The second-order valence-corrected chi connectivity index (χ2v) is 3.40. The Morgan fingerprint density at radius 3 is 2.50 bits per heavy atom. The fraction of sp³-hybridized carbons (Fsp3) is 0.750. The molecule has 0 bridgehead atoms. The Kier molecular flexibility index (Phi) is 3.07. The van der Waals surface area contributed by atoms with Gasteiger partial charge in [0.2, 0.25) is 0 Å². The average molecular weight is 203 g/mol. The molecule has 1 rings (SSSR count). The fourth-order valence-electron chi connectivity index (χ4n) is 1.56. The first kappa shape index (κ1) is 10.9. The maximum Gasteiger partial charge on any atom is 0.336 e. The largest absolute Gasteiger partial charge is 0.480 e. The van der Waals surface area contributed by atoms with Crippen molar-refractivity contribution < 1.29 is 24.5 Å². The monoisotopic (exact) mass is 203 g/mol. The van der Waals surface area contributed by atoms with E-state index in [-0.39, 0.29) is 6.42 Å². The molecule has 0 spiro atoms. The summed E-state index contributed by atoms with van der Waals surface area (Å²) in [5, 5.41) is 17.5. The summed E-state index contributed by atoms with van der Waals surface area (Å²) in [4.78, 5) is 21.4. The number of hydrogen-bond donors (Lipinski definition) is 3. The summed E-state index contributed by atoms with van der Waals surface area (Å²) in [5.41, 5.74) is 3.89. The lowest BCUT2D eigenvalue weighted by atomic mass is 9.92. The number of carbonyl (C=O) groups is 2. The zero-order valence-corrected chi connectivity index (χ0v) is 7.60. The van der Waals surface area contributed by atoms with E-state index in [4.69, 9.17) is 20.7 Å². The van der Waals surface area contributed by atoms with E-state index >= 15 is 0 Å². The van der Waals surface area contributed by atoms with Gasteiger partial charge in [-0.1, -0.05) is 0 Å². The zero-order chi connectivity index (χ0) is 10.8. The Balaban J connectivity index is 2.70. The van der Waals surface area contributed by atoms with Crippen LogP contribution in [0.25, 0.3) is 0 Å². The predicted octanol–water partition coefficient (Wildman–Crippen LogP) is -0.578. The van der Waals surface area contributed by atoms with Crippen LogP contribution < -0.4 is 5.73 Å². The van der Waals surface area contributed by atoms with Crippen molar-refractivity contribution in [1.29, 1.82) is 0 Å². The van der Waals surface area contributed by atoms with Crippen molar-refractivity contribution in [3.8, 4) is 0 Å². The molecule has 1 aliphatic rings. The number of nitrogens with two attached hydrogens (primary N) is 1. The van der Waals surface area contributed by atoms with Gasteiger partial charge in [0, 0.05) is 13.0 Å². The standard InChI is InChI=1S/C8H13NO5/c9-5(6(10)11)4-8(7(12)13)2-1-3-14-8/h5H,1-4,9H2,(H,10,11)(H,12,13)/t5-,8-/m0/s1. The summed E-state index contributed by atoms with van der Waals surface area (Å²) in [5.74, 6) is -2.34. The first-order chi connectivity index (χ1) is 6.48. The molecular formula is C8H13NO5. The van der Waals surface area contributed by atoms with Crippen LogP contribution in [0.4, 0.5) is 0 Å². The van der Waals surface area contributed by atoms with Gasteiger partial charge in [-0.2, -0.15) is 0 Å². The van der Waals surface area contributed by atoms with Gasteiger partial charge in [0.15, 0.2) is 5.60 Å². The van der Waals surface area contributed by atoms with E-state index in [1.54, 1.807) is 0 Å². The van der Waals surface area contributed by atoms with Crippen molar-refractivity contribution in [2.45, 2.75) is 30.9 Å². The van der Waals surface area contributed by atoms with Crippen LogP contribution in [0.2, 0.25) is 0 Å². The molecule has 2 atom stereocenters. The average Bonchev–Trinajstić information content (AvgIpc) is 2.53. The van der Waals surface area contributed by atoms with Crippen molar-refractivity contribution >= 4 is 11.9 Å². The lowest BCUT2D eigenvalue weighted by Gasteiger charge is -2.24. The van der Waals surface area contributed by atoms with Crippen molar-refractivity contribution in [2.24, 2.45) is 5.73 Å². The maximum atomic E-state index is 10.9. The molecule has 1 aliphatic heterocycles. The van der Waals surface area contributed by atoms with Crippen LogP contribution in [0.1, 0.15) is 19.3 Å². The molecule has 0 aromatic rings. The SMILES string of the molecule is N[C@@H](C[C@]1(C(=O)O)CCCO1)C(=O)O. The molecule has 80 valence electrons. The van der Waals surface area contributed by atoms with Crippen LogP contribution in [0, 0.1) is 0 Å². The third-order valence-electron chi connectivity index (χ3n) is 2.36. The van der Waals surface area contributed by atoms with Gasteiger partial charge in [-0.25, -0.2) is 4.79 Å². The quantitative estimate of drug-likeness (QED) is 0.564. The molecule has 0 unspecified atom stereocenters. The number of aliphatic carboxylic acids is 2. The molecule has 0 aliphatic carbocycles. The topological polar surface area (TPSA) is 110 Å². The minimum absolute atomic E-state index is 0.183. The van der Waals surface area contributed by atoms with Gasteiger partial charge in [0.05, 0.1) is 0 Å². The zero-order valence-electron chi connectivity index (χ0n) is 7.60. The van der Waals surface area contributed by atoms with Crippen molar-refractivity contribution in [3.05, 3.63) is 0 Å². The predicted molar refractivity (Wildman–Crippen MR) is 45.8 cm³/mol. The molecule has 0 amide bonds. The molecule has 1 saturated heterocycles. The van der Waals surface area contributed by atoms with E-state index in [1.807, 2.05) is 0 Å². The number of carboxylic acids is 2. The smallest absolute Gasteiger partial charge is 0.336 e. The van der Waals surface area contributed by atoms with Gasteiger partial charge in [-0.3, -0.25) is 4.79 Å². The third kappa shape index (κ3) is 2.02. The Morgan fingerprint density at radius 2 is 2.14 bits per heavy atom. The van der Waals surface area contributed by atoms with Crippen molar-refractivity contribution in [2.75, 3.05) is 6.61 Å². The van der Waals surface area contributed by atoms with E-state index in [2.05, 4.69) is 0 Å². The van der Waals surface area contributed by atoms with Crippen LogP contribution in [0.5, 0.6) is 0 Å². The number of hydrogen-bond acceptors (Lipinski definition) is 4. The van der Waals surface area contributed by atoms with E-state index in [0.717, 1.165) is 0 Å². The van der Waals surface area contributed by atoms with E-state index in [9.17, 15) is 9.59 Å². The van der Waals surface area contributed by atoms with Crippen LogP contribution in [0.3, 0.4) is 0 Å². The van der Waals surface area contributed by atoms with Crippen LogP contribution in [0.15, 0.2) is 0 Å². The summed E-state index contributed by atoms with van der Waals surface area (Å²) < 4.78 is 5.08. The van der Waals surface area contributed by atoms with Gasteiger partial charge in [0.1, 0.15) is 6.04 Å². The lowest BCUT2D eigenvalue weighted by Crippen LogP contribution is -2.46. The lowest BCUT2D eigenvalue weighted by molar-refractivity contribution is -0.162. The minimum Gasteiger partial charge on any atom is -0.480 e. The highest BCUT2D eigenvalue weighted by molar-refractivity contribution is 5.80. The molecule has 0 radical (unpaired) electrons. The second-order valence-electron chi connectivity index (χ2n) is 3.40. The Hall–Kier alpha value is -1.14. The molecule has 6 nitrogen and oxygen atoms in total. The molecule has 4 N–H and O–H groups in total. The van der Waals surface area contributed by atoms with Crippen LogP contribution in [-0.2, 0) is 14.3 Å². The Labute approximate surface area is 80.7 Å². The summed E-state index contributed by atoms with van der Waals surface area (Å²) in [6.45, 7) is 0.346. The first-order valence-corrected chi connectivity index (χ1v) is 4.34. The van der Waals surface area contributed by atoms with Gasteiger partial charge in [0.25, 0.3) is 0 Å². The highest BCUT2D eigenvalue weighted by Gasteiger charge is 2.45. The molecular weight excluding hydrogens is 190 g/mol. The van der Waals surface area contributed by atoms with Crippen molar-refractivity contribution in [3.63, 3.8) is 0 Å². The molecule has 14 heavy (non-hydrogen) atoms. The van der Waals surface area contributed by atoms with Crippen LogP contribution >= 0.6 is 0 Å². The Morgan fingerprint density at radius 1 is 1.50 bits per heavy atom. The van der Waals surface area contributed by atoms with E-state index in [0.29, 0.717) is 19.4 Å². The number of ether oxygens (including phenoxy) is 1.